The number of rotatable bonds is 7. The van der Waals surface area contributed by atoms with E-state index in [9.17, 15) is 5.11 Å². The number of nitrogens with one attached hydrogen (secondary N) is 1. The molecule has 2 rings (SSSR count). The summed E-state index contributed by atoms with van der Waals surface area (Å²) in [7, 11) is 0. The molecule has 0 fully saturated rings. The fourth-order valence-corrected chi connectivity index (χ4v) is 2.31. The van der Waals surface area contributed by atoms with Crippen LogP contribution in [0.5, 0.6) is 11.5 Å². The van der Waals surface area contributed by atoms with E-state index in [1.165, 1.54) is 5.56 Å². The number of para-hydroxylation sites is 1. The van der Waals surface area contributed by atoms with Gasteiger partial charge in [0, 0.05) is 18.7 Å². The summed E-state index contributed by atoms with van der Waals surface area (Å²) in [5.41, 5.74) is 2.18. The minimum Gasteiger partial charge on any atom is -0.504 e. The van der Waals surface area contributed by atoms with E-state index in [0.717, 1.165) is 12.1 Å². The summed E-state index contributed by atoms with van der Waals surface area (Å²) in [6, 6.07) is 16.0. The van der Waals surface area contributed by atoms with Crippen molar-refractivity contribution in [3.63, 3.8) is 0 Å². The average Bonchev–Trinajstić information content (AvgIpc) is 2.52. The molecule has 2 N–H and O–H groups in total. The normalized spacial score (nSPS) is 12.1. The standard InChI is InChI=1S/C18H23NO2/c1-3-21-17-11-7-10-16(18(17)20)13-19-12-14(2)15-8-5-4-6-9-15/h4-11,14,19-20H,3,12-13H2,1-2H3. The average molecular weight is 285 g/mol. The van der Waals surface area contributed by atoms with Crippen molar-refractivity contribution in [2.75, 3.05) is 13.2 Å². The summed E-state index contributed by atoms with van der Waals surface area (Å²) < 4.78 is 5.40. The SMILES string of the molecule is CCOc1cccc(CNCC(C)c2ccccc2)c1O. The van der Waals surface area contributed by atoms with E-state index in [1.807, 2.05) is 25.1 Å². The van der Waals surface area contributed by atoms with E-state index < -0.39 is 0 Å². The minimum atomic E-state index is 0.235. The molecule has 0 spiro atoms. The van der Waals surface area contributed by atoms with Crippen molar-refractivity contribution in [1.82, 2.24) is 5.32 Å². The number of phenols is 1. The number of hydrogen-bond donors (Lipinski definition) is 2. The quantitative estimate of drug-likeness (QED) is 0.815. The van der Waals surface area contributed by atoms with Crippen molar-refractivity contribution in [2.45, 2.75) is 26.3 Å². The topological polar surface area (TPSA) is 41.5 Å². The predicted molar refractivity (Wildman–Crippen MR) is 85.8 cm³/mol. The van der Waals surface area contributed by atoms with Gasteiger partial charge in [-0.05, 0) is 24.5 Å². The van der Waals surface area contributed by atoms with Crippen LogP contribution < -0.4 is 10.1 Å². The molecule has 1 atom stereocenters. The zero-order chi connectivity index (χ0) is 15.1. The van der Waals surface area contributed by atoms with Crippen molar-refractivity contribution in [2.24, 2.45) is 0 Å². The molecule has 1 unspecified atom stereocenters. The first-order chi connectivity index (χ1) is 10.2. The van der Waals surface area contributed by atoms with Gasteiger partial charge >= 0.3 is 0 Å². The number of phenolic OH excluding ortho intramolecular Hbond substituents is 1. The van der Waals surface area contributed by atoms with E-state index >= 15 is 0 Å². The summed E-state index contributed by atoms with van der Waals surface area (Å²) in [6.45, 7) is 6.15. The van der Waals surface area contributed by atoms with Gasteiger partial charge < -0.3 is 15.2 Å². The third-order valence-corrected chi connectivity index (χ3v) is 3.52. The summed E-state index contributed by atoms with van der Waals surface area (Å²) in [5, 5.41) is 13.5. The molecule has 0 bridgehead atoms. The van der Waals surface area contributed by atoms with Crippen LogP contribution in [0.4, 0.5) is 0 Å². The maximum absolute atomic E-state index is 10.1. The number of benzene rings is 2. The molecule has 0 aliphatic carbocycles. The highest BCUT2D eigenvalue weighted by Crippen LogP contribution is 2.29. The van der Waals surface area contributed by atoms with Gasteiger partial charge in [0.2, 0.25) is 0 Å². The van der Waals surface area contributed by atoms with Crippen LogP contribution in [0.3, 0.4) is 0 Å². The molecule has 112 valence electrons. The number of ether oxygens (including phenoxy) is 1. The fraction of sp³-hybridized carbons (Fsp3) is 0.333. The van der Waals surface area contributed by atoms with Gasteiger partial charge in [-0.1, -0.05) is 49.4 Å². The molecule has 0 saturated heterocycles. The molecule has 0 heterocycles. The van der Waals surface area contributed by atoms with Crippen LogP contribution in [0, 0.1) is 0 Å². The van der Waals surface area contributed by atoms with Crippen molar-refractivity contribution in [1.29, 1.82) is 0 Å². The van der Waals surface area contributed by atoms with Gasteiger partial charge in [0.1, 0.15) is 0 Å². The fourth-order valence-electron chi connectivity index (χ4n) is 2.31. The lowest BCUT2D eigenvalue weighted by Gasteiger charge is -2.14. The Bertz CT molecular complexity index is 554. The Morgan fingerprint density at radius 1 is 1.10 bits per heavy atom. The first kappa shape index (κ1) is 15.4. The molecule has 2 aromatic rings. The highest BCUT2D eigenvalue weighted by molar-refractivity contribution is 5.45. The first-order valence-electron chi connectivity index (χ1n) is 7.41. The third kappa shape index (κ3) is 4.23. The van der Waals surface area contributed by atoms with E-state index in [2.05, 4.69) is 36.5 Å². The van der Waals surface area contributed by atoms with Gasteiger partial charge in [-0.25, -0.2) is 0 Å². The van der Waals surface area contributed by atoms with Gasteiger partial charge in [0.15, 0.2) is 11.5 Å². The van der Waals surface area contributed by atoms with E-state index in [4.69, 9.17) is 4.74 Å². The maximum Gasteiger partial charge on any atom is 0.162 e. The summed E-state index contributed by atoms with van der Waals surface area (Å²) in [4.78, 5) is 0. The molecule has 21 heavy (non-hydrogen) atoms. The summed E-state index contributed by atoms with van der Waals surface area (Å²) in [6.07, 6.45) is 0. The summed E-state index contributed by atoms with van der Waals surface area (Å²) >= 11 is 0. The van der Waals surface area contributed by atoms with Crippen LogP contribution in [0.1, 0.15) is 30.9 Å². The predicted octanol–water partition coefficient (Wildman–Crippen LogP) is 3.68. The van der Waals surface area contributed by atoms with Crippen LogP contribution in [0.2, 0.25) is 0 Å². The third-order valence-electron chi connectivity index (χ3n) is 3.52. The molecule has 2 aromatic carbocycles. The monoisotopic (exact) mass is 285 g/mol. The molecule has 0 aliphatic rings. The Morgan fingerprint density at radius 3 is 2.57 bits per heavy atom. The second-order valence-corrected chi connectivity index (χ2v) is 5.14. The molecule has 3 nitrogen and oxygen atoms in total. The second kappa shape index (κ2) is 7.70. The van der Waals surface area contributed by atoms with Crippen LogP contribution in [-0.4, -0.2) is 18.3 Å². The molecule has 0 saturated carbocycles. The lowest BCUT2D eigenvalue weighted by atomic mass is 10.0. The second-order valence-electron chi connectivity index (χ2n) is 5.14. The zero-order valence-corrected chi connectivity index (χ0v) is 12.7. The number of hydrogen-bond acceptors (Lipinski definition) is 3. The van der Waals surface area contributed by atoms with Crippen LogP contribution in [0.25, 0.3) is 0 Å². The van der Waals surface area contributed by atoms with Crippen molar-refractivity contribution in [3.8, 4) is 11.5 Å². The Balaban J connectivity index is 1.90. The molecule has 0 aromatic heterocycles. The van der Waals surface area contributed by atoms with E-state index in [-0.39, 0.29) is 5.75 Å². The summed E-state index contributed by atoms with van der Waals surface area (Å²) in [5.74, 6) is 1.22. The van der Waals surface area contributed by atoms with Gasteiger partial charge in [-0.2, -0.15) is 0 Å². The van der Waals surface area contributed by atoms with Crippen molar-refractivity contribution in [3.05, 3.63) is 59.7 Å². The zero-order valence-electron chi connectivity index (χ0n) is 12.7. The highest BCUT2D eigenvalue weighted by atomic mass is 16.5. The Labute approximate surface area is 126 Å². The largest absolute Gasteiger partial charge is 0.504 e. The van der Waals surface area contributed by atoms with Crippen molar-refractivity contribution < 1.29 is 9.84 Å². The molecular formula is C18H23NO2. The Kier molecular flexibility index (Phi) is 5.64. The van der Waals surface area contributed by atoms with Crippen LogP contribution in [0.15, 0.2) is 48.5 Å². The first-order valence-corrected chi connectivity index (χ1v) is 7.41. The highest BCUT2D eigenvalue weighted by Gasteiger charge is 2.09. The minimum absolute atomic E-state index is 0.235. The Morgan fingerprint density at radius 2 is 1.86 bits per heavy atom. The van der Waals surface area contributed by atoms with E-state index in [0.29, 0.717) is 24.8 Å². The smallest absolute Gasteiger partial charge is 0.162 e. The lowest BCUT2D eigenvalue weighted by molar-refractivity contribution is 0.316. The van der Waals surface area contributed by atoms with Crippen LogP contribution in [-0.2, 0) is 6.54 Å². The molecule has 0 amide bonds. The van der Waals surface area contributed by atoms with E-state index in [1.54, 1.807) is 6.07 Å². The van der Waals surface area contributed by atoms with Gasteiger partial charge in [0.05, 0.1) is 6.61 Å². The van der Waals surface area contributed by atoms with Gasteiger partial charge in [-0.3, -0.25) is 0 Å². The van der Waals surface area contributed by atoms with Gasteiger partial charge in [0.25, 0.3) is 0 Å². The Hall–Kier alpha value is -2.00. The van der Waals surface area contributed by atoms with Crippen LogP contribution >= 0.6 is 0 Å². The molecule has 0 aliphatic heterocycles. The molecule has 0 radical (unpaired) electrons. The van der Waals surface area contributed by atoms with Crippen molar-refractivity contribution >= 4 is 0 Å². The van der Waals surface area contributed by atoms with Gasteiger partial charge in [-0.15, -0.1) is 0 Å². The lowest BCUT2D eigenvalue weighted by Crippen LogP contribution is -2.19. The molecule has 3 heteroatoms. The number of aromatic hydroxyl groups is 1. The maximum atomic E-state index is 10.1. The molecular weight excluding hydrogens is 262 g/mol.